The molecular weight excluding hydrogens is 256 g/mol. The van der Waals surface area contributed by atoms with Crippen molar-refractivity contribution in [3.8, 4) is 29.0 Å². The van der Waals surface area contributed by atoms with Crippen LogP contribution in [0.2, 0.25) is 0 Å². The summed E-state index contributed by atoms with van der Waals surface area (Å²) in [6.07, 6.45) is 1.51. The van der Waals surface area contributed by atoms with Crippen LogP contribution in [0.4, 0.5) is 0 Å². The third kappa shape index (κ3) is 2.22. The molecule has 3 aromatic rings. The van der Waals surface area contributed by atoms with Crippen LogP contribution in [0.25, 0.3) is 23.0 Å². The molecule has 20 heavy (non-hydrogen) atoms. The summed E-state index contributed by atoms with van der Waals surface area (Å²) in [6.45, 7) is 1.85. The van der Waals surface area contributed by atoms with Crippen molar-refractivity contribution >= 4 is 0 Å². The van der Waals surface area contributed by atoms with Crippen LogP contribution >= 0.6 is 0 Å². The van der Waals surface area contributed by atoms with E-state index in [1.807, 2.05) is 19.1 Å². The fourth-order valence-corrected chi connectivity index (χ4v) is 1.55. The van der Waals surface area contributed by atoms with Crippen molar-refractivity contribution in [2.45, 2.75) is 6.92 Å². The first-order chi connectivity index (χ1) is 9.76. The highest BCUT2D eigenvalue weighted by Crippen LogP contribution is 2.20. The number of rotatable bonds is 2. The van der Waals surface area contributed by atoms with E-state index in [2.05, 4.69) is 25.3 Å². The van der Waals surface area contributed by atoms with Gasteiger partial charge in [-0.15, -0.1) is 5.10 Å². The number of aryl methyl sites for hydroxylation is 1. The van der Waals surface area contributed by atoms with E-state index in [1.54, 1.807) is 18.2 Å². The Morgan fingerprint density at radius 1 is 1.15 bits per heavy atom. The average molecular weight is 264 g/mol. The van der Waals surface area contributed by atoms with Gasteiger partial charge >= 0.3 is 0 Å². The van der Waals surface area contributed by atoms with Gasteiger partial charge < -0.3 is 4.52 Å². The first-order valence-electron chi connectivity index (χ1n) is 5.77. The summed E-state index contributed by atoms with van der Waals surface area (Å²) in [7, 11) is 0. The highest BCUT2D eigenvalue weighted by molar-refractivity contribution is 5.56. The maximum atomic E-state index is 8.70. The van der Waals surface area contributed by atoms with E-state index < -0.39 is 0 Å². The second-order valence-electron chi connectivity index (χ2n) is 4.03. The van der Waals surface area contributed by atoms with Crippen molar-refractivity contribution in [3.05, 3.63) is 41.9 Å². The molecule has 7 nitrogen and oxygen atoms in total. The molecule has 0 fully saturated rings. The third-order valence-corrected chi connectivity index (χ3v) is 2.58. The minimum Gasteiger partial charge on any atom is -0.333 e. The van der Waals surface area contributed by atoms with Crippen LogP contribution in [0, 0.1) is 18.3 Å². The van der Waals surface area contributed by atoms with Crippen LogP contribution < -0.4 is 0 Å². The van der Waals surface area contributed by atoms with Gasteiger partial charge in [-0.3, -0.25) is 0 Å². The van der Waals surface area contributed by atoms with Gasteiger partial charge in [0, 0.05) is 6.20 Å². The zero-order chi connectivity index (χ0) is 13.9. The molecule has 0 N–H and O–H groups in total. The van der Waals surface area contributed by atoms with Crippen LogP contribution in [-0.2, 0) is 0 Å². The molecule has 7 heteroatoms. The number of hydrogen-bond donors (Lipinski definition) is 0. The van der Waals surface area contributed by atoms with Crippen molar-refractivity contribution < 1.29 is 4.52 Å². The van der Waals surface area contributed by atoms with Crippen LogP contribution in [-0.4, -0.2) is 25.3 Å². The molecule has 0 unspecified atom stereocenters. The number of aromatic nitrogens is 5. The smallest absolute Gasteiger partial charge is 0.259 e. The molecule has 0 saturated carbocycles. The Morgan fingerprint density at radius 2 is 2.05 bits per heavy atom. The van der Waals surface area contributed by atoms with Crippen molar-refractivity contribution in [3.63, 3.8) is 0 Å². The van der Waals surface area contributed by atoms with Gasteiger partial charge in [0.15, 0.2) is 0 Å². The fraction of sp³-hybridized carbons (Fsp3) is 0.0769. The first kappa shape index (κ1) is 11.9. The largest absolute Gasteiger partial charge is 0.333 e. The van der Waals surface area contributed by atoms with E-state index in [0.717, 1.165) is 5.69 Å². The van der Waals surface area contributed by atoms with E-state index in [0.29, 0.717) is 28.7 Å². The summed E-state index contributed by atoms with van der Waals surface area (Å²) in [5, 5.41) is 20.5. The fourth-order valence-electron chi connectivity index (χ4n) is 1.55. The molecule has 96 valence electrons. The minimum absolute atomic E-state index is 0.319. The number of nitriles is 1. The predicted molar refractivity (Wildman–Crippen MR) is 68.0 cm³/mol. The Bertz CT molecular complexity index is 770. The van der Waals surface area contributed by atoms with Gasteiger partial charge in [-0.1, -0.05) is 5.16 Å². The molecule has 0 amide bonds. The third-order valence-electron chi connectivity index (χ3n) is 2.58. The average Bonchev–Trinajstić information content (AvgIpc) is 2.98. The van der Waals surface area contributed by atoms with Crippen molar-refractivity contribution in [2.24, 2.45) is 0 Å². The van der Waals surface area contributed by atoms with Gasteiger partial charge in [0.05, 0.1) is 11.3 Å². The van der Waals surface area contributed by atoms with Crippen LogP contribution in [0.5, 0.6) is 0 Å². The standard InChI is InChI=1S/C13H8N6O/c1-8-2-5-11(18-17-8)12-16-13(20-19-12)9-3-4-10(6-14)15-7-9/h2-5,7H,1H3. The predicted octanol–water partition coefficient (Wildman–Crippen LogP) is 1.77. The van der Waals surface area contributed by atoms with Crippen molar-refractivity contribution in [2.75, 3.05) is 0 Å². The maximum Gasteiger partial charge on any atom is 0.259 e. The van der Waals surface area contributed by atoms with E-state index in [9.17, 15) is 0 Å². The van der Waals surface area contributed by atoms with Crippen LogP contribution in [0.15, 0.2) is 35.0 Å². The molecule has 0 radical (unpaired) electrons. The first-order valence-corrected chi connectivity index (χ1v) is 5.77. The summed E-state index contributed by atoms with van der Waals surface area (Å²) in [5.74, 6) is 0.677. The number of hydrogen-bond acceptors (Lipinski definition) is 7. The quantitative estimate of drug-likeness (QED) is 0.694. The molecule has 3 rings (SSSR count). The second-order valence-corrected chi connectivity index (χ2v) is 4.03. The molecule has 0 saturated heterocycles. The lowest BCUT2D eigenvalue weighted by Gasteiger charge is -1.93. The van der Waals surface area contributed by atoms with Gasteiger partial charge in [-0.2, -0.15) is 15.3 Å². The molecule has 0 aliphatic rings. The zero-order valence-electron chi connectivity index (χ0n) is 10.5. The summed E-state index contributed by atoms with van der Waals surface area (Å²) >= 11 is 0. The molecule has 0 spiro atoms. The molecule has 3 aromatic heterocycles. The minimum atomic E-state index is 0.319. The molecule has 0 aromatic carbocycles. The Labute approximate surface area is 113 Å². The number of nitrogens with zero attached hydrogens (tertiary/aromatic N) is 6. The van der Waals surface area contributed by atoms with E-state index in [4.69, 9.17) is 9.78 Å². The van der Waals surface area contributed by atoms with E-state index in [-0.39, 0.29) is 0 Å². The Kier molecular flexibility index (Phi) is 2.89. The lowest BCUT2D eigenvalue weighted by Crippen LogP contribution is -1.91. The van der Waals surface area contributed by atoms with Crippen molar-refractivity contribution in [1.82, 2.24) is 25.3 Å². The molecule has 0 bridgehead atoms. The molecular formula is C13H8N6O. The normalized spacial score (nSPS) is 10.2. The highest BCUT2D eigenvalue weighted by Gasteiger charge is 2.12. The van der Waals surface area contributed by atoms with Gasteiger partial charge in [0.2, 0.25) is 5.82 Å². The molecule has 0 aliphatic heterocycles. The molecule has 0 atom stereocenters. The summed E-state index contributed by atoms with van der Waals surface area (Å²) in [4.78, 5) is 8.18. The summed E-state index contributed by atoms with van der Waals surface area (Å²) in [5.41, 5.74) is 2.32. The van der Waals surface area contributed by atoms with Gasteiger partial charge in [-0.25, -0.2) is 4.98 Å². The van der Waals surface area contributed by atoms with Crippen molar-refractivity contribution in [1.29, 1.82) is 5.26 Å². The maximum absolute atomic E-state index is 8.70. The second kappa shape index (κ2) is 4.85. The SMILES string of the molecule is Cc1ccc(-c2noc(-c3ccc(C#N)nc3)n2)nn1. The molecule has 0 aliphatic carbocycles. The lowest BCUT2D eigenvalue weighted by molar-refractivity contribution is 0.432. The summed E-state index contributed by atoms with van der Waals surface area (Å²) < 4.78 is 5.16. The van der Waals surface area contributed by atoms with Gasteiger partial charge in [0.1, 0.15) is 17.5 Å². The van der Waals surface area contributed by atoms with Gasteiger partial charge in [0.25, 0.3) is 5.89 Å². The lowest BCUT2D eigenvalue weighted by atomic mass is 10.2. The van der Waals surface area contributed by atoms with E-state index >= 15 is 0 Å². The van der Waals surface area contributed by atoms with Gasteiger partial charge in [-0.05, 0) is 31.2 Å². The number of pyridine rings is 1. The Balaban J connectivity index is 1.93. The van der Waals surface area contributed by atoms with Crippen LogP contribution in [0.3, 0.4) is 0 Å². The van der Waals surface area contributed by atoms with Crippen LogP contribution in [0.1, 0.15) is 11.4 Å². The topological polar surface area (TPSA) is 101 Å². The highest BCUT2D eigenvalue weighted by atomic mass is 16.5. The Morgan fingerprint density at radius 3 is 2.70 bits per heavy atom. The molecule has 3 heterocycles. The Hall–Kier alpha value is -3.14. The monoisotopic (exact) mass is 264 g/mol. The van der Waals surface area contributed by atoms with E-state index in [1.165, 1.54) is 6.20 Å². The summed E-state index contributed by atoms with van der Waals surface area (Å²) in [6, 6.07) is 8.83. The zero-order valence-corrected chi connectivity index (χ0v) is 10.5.